The summed E-state index contributed by atoms with van der Waals surface area (Å²) in [5, 5.41) is 3.24. The zero-order chi connectivity index (χ0) is 15.7. The van der Waals surface area contributed by atoms with E-state index in [1.165, 1.54) is 7.11 Å². The lowest BCUT2D eigenvalue weighted by Gasteiger charge is -2.18. The molecule has 0 bridgehead atoms. The first-order chi connectivity index (χ1) is 10.1. The Morgan fingerprint density at radius 2 is 2.19 bits per heavy atom. The number of pyridine rings is 1. The van der Waals surface area contributed by atoms with Crippen molar-refractivity contribution in [2.75, 3.05) is 7.11 Å². The number of nitrogens with one attached hydrogen (secondary N) is 1. The standard InChI is InChI=1S/C16H26N2O3/c1-5-6-9-14(16(19)20-4)18-11-13-8-7-10-17-15(13)21-12(2)3/h7-8,10,12,14,18H,5-6,9,11H2,1-4H3. The lowest BCUT2D eigenvalue weighted by atomic mass is 10.1. The van der Waals surface area contributed by atoms with Gasteiger partial charge in [-0.3, -0.25) is 4.79 Å². The van der Waals surface area contributed by atoms with Crippen molar-refractivity contribution < 1.29 is 14.3 Å². The van der Waals surface area contributed by atoms with Crippen molar-refractivity contribution in [3.63, 3.8) is 0 Å². The summed E-state index contributed by atoms with van der Waals surface area (Å²) in [6.07, 6.45) is 4.56. The Balaban J connectivity index is 2.68. The number of rotatable bonds is 9. The maximum Gasteiger partial charge on any atom is 0.322 e. The predicted molar refractivity (Wildman–Crippen MR) is 82.2 cm³/mol. The fourth-order valence-electron chi connectivity index (χ4n) is 1.97. The average Bonchev–Trinajstić information content (AvgIpc) is 2.47. The monoisotopic (exact) mass is 294 g/mol. The molecule has 0 saturated carbocycles. The first kappa shape index (κ1) is 17.4. The van der Waals surface area contributed by atoms with Crippen LogP contribution in [0.25, 0.3) is 0 Å². The number of aromatic nitrogens is 1. The van der Waals surface area contributed by atoms with Gasteiger partial charge < -0.3 is 14.8 Å². The normalized spacial score (nSPS) is 12.2. The Kier molecular flexibility index (Phi) is 7.75. The Bertz CT molecular complexity index is 435. The third-order valence-electron chi connectivity index (χ3n) is 3.07. The number of hydrogen-bond donors (Lipinski definition) is 1. The van der Waals surface area contributed by atoms with Crippen molar-refractivity contribution >= 4 is 5.97 Å². The Morgan fingerprint density at radius 1 is 1.43 bits per heavy atom. The molecule has 0 spiro atoms. The predicted octanol–water partition coefficient (Wildman–Crippen LogP) is 2.69. The number of carbonyl (C=O) groups is 1. The van der Waals surface area contributed by atoms with Crippen LogP contribution < -0.4 is 10.1 Å². The van der Waals surface area contributed by atoms with E-state index in [2.05, 4.69) is 17.2 Å². The van der Waals surface area contributed by atoms with Crippen molar-refractivity contribution in [3.8, 4) is 5.88 Å². The zero-order valence-corrected chi connectivity index (χ0v) is 13.4. The molecule has 5 heteroatoms. The second kappa shape index (κ2) is 9.34. The van der Waals surface area contributed by atoms with E-state index >= 15 is 0 Å². The molecule has 0 radical (unpaired) electrons. The quantitative estimate of drug-likeness (QED) is 0.710. The fraction of sp³-hybridized carbons (Fsp3) is 0.625. The van der Waals surface area contributed by atoms with E-state index in [0.717, 1.165) is 24.8 Å². The summed E-state index contributed by atoms with van der Waals surface area (Å²) in [4.78, 5) is 16.0. The minimum Gasteiger partial charge on any atom is -0.475 e. The van der Waals surface area contributed by atoms with E-state index < -0.39 is 0 Å². The molecule has 0 saturated heterocycles. The molecule has 0 fully saturated rings. The van der Waals surface area contributed by atoms with Crippen molar-refractivity contribution in [1.82, 2.24) is 10.3 Å². The van der Waals surface area contributed by atoms with Crippen molar-refractivity contribution in [2.45, 2.75) is 58.7 Å². The molecule has 0 amide bonds. The molecular formula is C16H26N2O3. The van der Waals surface area contributed by atoms with Crippen molar-refractivity contribution in [2.24, 2.45) is 0 Å². The highest BCUT2D eigenvalue weighted by Crippen LogP contribution is 2.16. The molecule has 0 aromatic carbocycles. The number of nitrogens with zero attached hydrogens (tertiary/aromatic N) is 1. The fourth-order valence-corrected chi connectivity index (χ4v) is 1.97. The highest BCUT2D eigenvalue weighted by atomic mass is 16.5. The second-order valence-corrected chi connectivity index (χ2v) is 5.23. The molecule has 1 aromatic rings. The maximum atomic E-state index is 11.8. The largest absolute Gasteiger partial charge is 0.475 e. The molecule has 1 aromatic heterocycles. The molecule has 0 aliphatic carbocycles. The molecule has 1 atom stereocenters. The maximum absolute atomic E-state index is 11.8. The van der Waals surface area contributed by atoms with E-state index in [4.69, 9.17) is 9.47 Å². The van der Waals surface area contributed by atoms with E-state index in [9.17, 15) is 4.79 Å². The van der Waals surface area contributed by atoms with Gasteiger partial charge in [0.2, 0.25) is 5.88 Å². The summed E-state index contributed by atoms with van der Waals surface area (Å²) in [6.45, 7) is 6.55. The molecule has 5 nitrogen and oxygen atoms in total. The van der Waals surface area contributed by atoms with Crippen molar-refractivity contribution in [3.05, 3.63) is 23.9 Å². The van der Waals surface area contributed by atoms with Gasteiger partial charge in [0, 0.05) is 18.3 Å². The number of esters is 1. The van der Waals surface area contributed by atoms with Crippen LogP contribution in [0.2, 0.25) is 0 Å². The number of unbranched alkanes of at least 4 members (excludes halogenated alkanes) is 1. The van der Waals surface area contributed by atoms with E-state index in [1.54, 1.807) is 6.20 Å². The summed E-state index contributed by atoms with van der Waals surface area (Å²) in [7, 11) is 1.42. The van der Waals surface area contributed by atoms with Gasteiger partial charge in [0.25, 0.3) is 0 Å². The molecule has 1 unspecified atom stereocenters. The van der Waals surface area contributed by atoms with E-state index in [-0.39, 0.29) is 18.1 Å². The van der Waals surface area contributed by atoms with Crippen molar-refractivity contribution in [1.29, 1.82) is 0 Å². The third-order valence-corrected chi connectivity index (χ3v) is 3.07. The molecule has 0 aliphatic rings. The highest BCUT2D eigenvalue weighted by molar-refractivity contribution is 5.75. The minimum atomic E-state index is -0.290. The topological polar surface area (TPSA) is 60.5 Å². The molecule has 1 N–H and O–H groups in total. The molecule has 1 rings (SSSR count). The third kappa shape index (κ3) is 6.12. The zero-order valence-electron chi connectivity index (χ0n) is 13.4. The number of carbonyl (C=O) groups excluding carboxylic acids is 1. The summed E-state index contributed by atoms with van der Waals surface area (Å²) < 4.78 is 10.5. The van der Waals surface area contributed by atoms with Gasteiger partial charge in [-0.2, -0.15) is 0 Å². The number of hydrogen-bond acceptors (Lipinski definition) is 5. The first-order valence-electron chi connectivity index (χ1n) is 7.50. The molecule has 118 valence electrons. The van der Waals surface area contributed by atoms with Crippen LogP contribution in [0, 0.1) is 0 Å². The van der Waals surface area contributed by atoms with Crippen LogP contribution in [0.4, 0.5) is 0 Å². The van der Waals surface area contributed by atoms with Gasteiger partial charge in [-0.25, -0.2) is 4.98 Å². The van der Waals surface area contributed by atoms with Gasteiger partial charge in [-0.1, -0.05) is 25.8 Å². The van der Waals surface area contributed by atoms with Crippen LogP contribution in [-0.2, 0) is 16.1 Å². The Morgan fingerprint density at radius 3 is 2.81 bits per heavy atom. The molecule has 21 heavy (non-hydrogen) atoms. The number of ether oxygens (including phenoxy) is 2. The summed E-state index contributed by atoms with van der Waals surface area (Å²) in [5.74, 6) is 0.387. The van der Waals surface area contributed by atoms with Gasteiger partial charge in [-0.15, -0.1) is 0 Å². The minimum absolute atomic E-state index is 0.0649. The smallest absolute Gasteiger partial charge is 0.322 e. The summed E-state index contributed by atoms with van der Waals surface area (Å²) in [6, 6.07) is 3.52. The van der Waals surface area contributed by atoms with Crippen LogP contribution in [0.3, 0.4) is 0 Å². The highest BCUT2D eigenvalue weighted by Gasteiger charge is 2.18. The van der Waals surface area contributed by atoms with Crippen LogP contribution >= 0.6 is 0 Å². The molecule has 1 heterocycles. The first-order valence-corrected chi connectivity index (χ1v) is 7.50. The van der Waals surface area contributed by atoms with Crippen LogP contribution in [0.5, 0.6) is 5.88 Å². The van der Waals surface area contributed by atoms with Gasteiger partial charge in [0.15, 0.2) is 0 Å². The molecular weight excluding hydrogens is 268 g/mol. The number of methoxy groups -OCH3 is 1. The Hall–Kier alpha value is -1.62. The summed E-state index contributed by atoms with van der Waals surface area (Å²) in [5.41, 5.74) is 0.941. The van der Waals surface area contributed by atoms with Gasteiger partial charge in [-0.05, 0) is 26.3 Å². The Labute approximate surface area is 127 Å². The van der Waals surface area contributed by atoms with Crippen LogP contribution in [-0.4, -0.2) is 30.2 Å². The van der Waals surface area contributed by atoms with Crippen LogP contribution in [0.1, 0.15) is 45.6 Å². The lowest BCUT2D eigenvalue weighted by Crippen LogP contribution is -2.37. The average molecular weight is 294 g/mol. The SMILES string of the molecule is CCCCC(NCc1cccnc1OC(C)C)C(=O)OC. The van der Waals surface area contributed by atoms with E-state index in [0.29, 0.717) is 12.4 Å². The van der Waals surface area contributed by atoms with Gasteiger partial charge >= 0.3 is 5.97 Å². The van der Waals surface area contributed by atoms with Crippen LogP contribution in [0.15, 0.2) is 18.3 Å². The second-order valence-electron chi connectivity index (χ2n) is 5.23. The summed E-state index contributed by atoms with van der Waals surface area (Å²) >= 11 is 0. The molecule has 0 aliphatic heterocycles. The lowest BCUT2D eigenvalue weighted by molar-refractivity contribution is -0.143. The van der Waals surface area contributed by atoms with Gasteiger partial charge in [0.05, 0.1) is 13.2 Å². The van der Waals surface area contributed by atoms with Gasteiger partial charge in [0.1, 0.15) is 6.04 Å². The van der Waals surface area contributed by atoms with E-state index in [1.807, 2.05) is 26.0 Å².